The fraction of sp³-hybridized carbons (Fsp3) is 0.700. The lowest BCUT2D eigenvalue weighted by molar-refractivity contribution is -0.123. The van der Waals surface area contributed by atoms with Crippen LogP contribution in [-0.4, -0.2) is 12.5 Å². The predicted molar refractivity (Wildman–Crippen MR) is 51.9 cm³/mol. The molecule has 2 heteroatoms. The number of carbonyl (C=O) groups is 1. The molecule has 0 aromatic carbocycles. The second kappa shape index (κ2) is 6.89. The van der Waals surface area contributed by atoms with Gasteiger partial charge in [-0.25, -0.2) is 0 Å². The van der Waals surface area contributed by atoms with Crippen LogP contribution < -0.4 is 5.32 Å². The zero-order valence-electron chi connectivity index (χ0n) is 8.10. The van der Waals surface area contributed by atoms with Crippen molar-refractivity contribution in [2.24, 2.45) is 5.92 Å². The maximum Gasteiger partial charge on any atom is 0.222 e. The lowest BCUT2D eigenvalue weighted by Crippen LogP contribution is -2.28. The van der Waals surface area contributed by atoms with Crippen molar-refractivity contribution in [3.8, 4) is 0 Å². The molecule has 0 atom stereocenters. The zero-order valence-corrected chi connectivity index (χ0v) is 8.10. The van der Waals surface area contributed by atoms with Crippen LogP contribution in [0.2, 0.25) is 0 Å². The maximum absolute atomic E-state index is 11.0. The molecule has 0 aliphatic heterocycles. The van der Waals surface area contributed by atoms with E-state index in [0.29, 0.717) is 0 Å². The third-order valence-corrected chi connectivity index (χ3v) is 1.66. The first-order chi connectivity index (χ1) is 5.68. The van der Waals surface area contributed by atoms with Crippen LogP contribution >= 0.6 is 0 Å². The van der Waals surface area contributed by atoms with Gasteiger partial charge in [-0.3, -0.25) is 4.79 Å². The van der Waals surface area contributed by atoms with Crippen molar-refractivity contribution in [3.63, 3.8) is 0 Å². The molecule has 1 amide bonds. The average molecular weight is 169 g/mol. The largest absolute Gasteiger partial charge is 0.356 e. The third-order valence-electron chi connectivity index (χ3n) is 1.66. The SMILES string of the molecule is C=CCCCCNC(=O)C(C)C. The molecule has 0 fully saturated rings. The van der Waals surface area contributed by atoms with Crippen molar-refractivity contribution in [2.45, 2.75) is 33.1 Å². The quantitative estimate of drug-likeness (QED) is 0.479. The highest BCUT2D eigenvalue weighted by Crippen LogP contribution is 1.95. The van der Waals surface area contributed by atoms with Crippen molar-refractivity contribution in [1.29, 1.82) is 0 Å². The predicted octanol–water partition coefficient (Wildman–Crippen LogP) is 2.11. The number of hydrogen-bond acceptors (Lipinski definition) is 1. The fourth-order valence-electron chi connectivity index (χ4n) is 0.829. The van der Waals surface area contributed by atoms with E-state index in [1.165, 1.54) is 0 Å². The standard InChI is InChI=1S/C10H19NO/c1-4-5-6-7-8-11-10(12)9(2)3/h4,9H,1,5-8H2,2-3H3,(H,11,12). The smallest absolute Gasteiger partial charge is 0.222 e. The van der Waals surface area contributed by atoms with Crippen LogP contribution in [0.5, 0.6) is 0 Å². The number of nitrogens with one attached hydrogen (secondary N) is 1. The van der Waals surface area contributed by atoms with Gasteiger partial charge in [0.2, 0.25) is 5.91 Å². The van der Waals surface area contributed by atoms with Gasteiger partial charge in [-0.1, -0.05) is 19.9 Å². The molecule has 0 unspecified atom stereocenters. The number of carbonyl (C=O) groups excluding carboxylic acids is 1. The second-order valence-electron chi connectivity index (χ2n) is 3.23. The van der Waals surface area contributed by atoms with Crippen LogP contribution in [0.1, 0.15) is 33.1 Å². The van der Waals surface area contributed by atoms with Crippen molar-refractivity contribution in [3.05, 3.63) is 12.7 Å². The summed E-state index contributed by atoms with van der Waals surface area (Å²) in [6.07, 6.45) is 5.11. The molecule has 0 saturated heterocycles. The summed E-state index contributed by atoms with van der Waals surface area (Å²) in [5.41, 5.74) is 0. The van der Waals surface area contributed by atoms with Crippen LogP contribution in [0.15, 0.2) is 12.7 Å². The van der Waals surface area contributed by atoms with Gasteiger partial charge in [0.25, 0.3) is 0 Å². The molecule has 0 aliphatic rings. The molecule has 2 nitrogen and oxygen atoms in total. The molecule has 0 aromatic heterocycles. The molecule has 0 rings (SSSR count). The number of hydrogen-bond donors (Lipinski definition) is 1. The molecular weight excluding hydrogens is 150 g/mol. The van der Waals surface area contributed by atoms with E-state index >= 15 is 0 Å². The van der Waals surface area contributed by atoms with Gasteiger partial charge in [0.05, 0.1) is 0 Å². The van der Waals surface area contributed by atoms with Gasteiger partial charge >= 0.3 is 0 Å². The third kappa shape index (κ3) is 5.96. The van der Waals surface area contributed by atoms with E-state index in [-0.39, 0.29) is 11.8 Å². The topological polar surface area (TPSA) is 29.1 Å². The van der Waals surface area contributed by atoms with Crippen LogP contribution in [0.4, 0.5) is 0 Å². The van der Waals surface area contributed by atoms with Gasteiger partial charge in [-0.05, 0) is 19.3 Å². The van der Waals surface area contributed by atoms with E-state index in [1.807, 2.05) is 19.9 Å². The minimum atomic E-state index is 0.101. The molecule has 0 aliphatic carbocycles. The van der Waals surface area contributed by atoms with E-state index < -0.39 is 0 Å². The summed E-state index contributed by atoms with van der Waals surface area (Å²) in [5.74, 6) is 0.248. The molecule has 1 N–H and O–H groups in total. The molecule has 0 radical (unpaired) electrons. The van der Waals surface area contributed by atoms with Crippen molar-refractivity contribution in [2.75, 3.05) is 6.54 Å². The van der Waals surface area contributed by atoms with Gasteiger partial charge in [0.15, 0.2) is 0 Å². The Kier molecular flexibility index (Phi) is 6.44. The van der Waals surface area contributed by atoms with Gasteiger partial charge in [0.1, 0.15) is 0 Å². The Bertz CT molecular complexity index is 141. The Hall–Kier alpha value is -0.790. The summed E-state index contributed by atoms with van der Waals surface area (Å²) in [6, 6.07) is 0. The maximum atomic E-state index is 11.0. The van der Waals surface area contributed by atoms with E-state index in [0.717, 1.165) is 25.8 Å². The first-order valence-electron chi connectivity index (χ1n) is 4.57. The van der Waals surface area contributed by atoms with Gasteiger partial charge in [-0.15, -0.1) is 6.58 Å². The van der Waals surface area contributed by atoms with Crippen LogP contribution in [0, 0.1) is 5.92 Å². The molecule has 12 heavy (non-hydrogen) atoms. The molecular formula is C10H19NO. The van der Waals surface area contributed by atoms with Gasteiger partial charge in [0, 0.05) is 12.5 Å². The van der Waals surface area contributed by atoms with E-state index in [2.05, 4.69) is 11.9 Å². The summed E-state index contributed by atoms with van der Waals surface area (Å²) >= 11 is 0. The van der Waals surface area contributed by atoms with E-state index in [1.54, 1.807) is 0 Å². The Morgan fingerprint density at radius 1 is 1.50 bits per heavy atom. The number of amides is 1. The van der Waals surface area contributed by atoms with E-state index in [4.69, 9.17) is 0 Å². The number of unbranched alkanes of at least 4 members (excludes halogenated alkanes) is 2. The first kappa shape index (κ1) is 11.2. The summed E-state index contributed by atoms with van der Waals surface area (Å²) in [6.45, 7) is 8.23. The Labute approximate surface area is 75.0 Å². The molecule has 0 bridgehead atoms. The fourth-order valence-corrected chi connectivity index (χ4v) is 0.829. The van der Waals surface area contributed by atoms with Gasteiger partial charge in [-0.2, -0.15) is 0 Å². The summed E-state index contributed by atoms with van der Waals surface area (Å²) in [5, 5.41) is 2.87. The normalized spacial score (nSPS) is 9.92. The average Bonchev–Trinajstić information content (AvgIpc) is 2.03. The highest BCUT2D eigenvalue weighted by atomic mass is 16.1. The highest BCUT2D eigenvalue weighted by molar-refractivity contribution is 5.77. The van der Waals surface area contributed by atoms with Crippen LogP contribution in [0.3, 0.4) is 0 Å². The van der Waals surface area contributed by atoms with Crippen LogP contribution in [-0.2, 0) is 4.79 Å². The molecule has 0 spiro atoms. The molecule has 0 aromatic rings. The first-order valence-corrected chi connectivity index (χ1v) is 4.57. The Morgan fingerprint density at radius 2 is 2.17 bits per heavy atom. The van der Waals surface area contributed by atoms with E-state index in [9.17, 15) is 4.79 Å². The molecule has 0 saturated carbocycles. The number of allylic oxidation sites excluding steroid dienone is 1. The van der Waals surface area contributed by atoms with Crippen molar-refractivity contribution in [1.82, 2.24) is 5.32 Å². The summed E-state index contributed by atoms with van der Waals surface area (Å²) < 4.78 is 0. The molecule has 70 valence electrons. The second-order valence-corrected chi connectivity index (χ2v) is 3.23. The minimum absolute atomic E-state index is 0.101. The van der Waals surface area contributed by atoms with Gasteiger partial charge < -0.3 is 5.32 Å². The lowest BCUT2D eigenvalue weighted by atomic mass is 10.2. The minimum Gasteiger partial charge on any atom is -0.356 e. The van der Waals surface area contributed by atoms with Crippen LogP contribution in [0.25, 0.3) is 0 Å². The van der Waals surface area contributed by atoms with Crippen molar-refractivity contribution < 1.29 is 4.79 Å². The summed E-state index contributed by atoms with van der Waals surface area (Å²) in [4.78, 5) is 11.0. The Balaban J connectivity index is 3.19. The zero-order chi connectivity index (χ0) is 9.40. The number of rotatable bonds is 6. The van der Waals surface area contributed by atoms with Crippen molar-refractivity contribution >= 4 is 5.91 Å². The summed E-state index contributed by atoms with van der Waals surface area (Å²) in [7, 11) is 0. The highest BCUT2D eigenvalue weighted by Gasteiger charge is 2.03. The lowest BCUT2D eigenvalue weighted by Gasteiger charge is -2.06. The Morgan fingerprint density at radius 3 is 2.67 bits per heavy atom. The monoisotopic (exact) mass is 169 g/mol. The molecule has 0 heterocycles.